The molecule has 0 saturated carbocycles. The van der Waals surface area contributed by atoms with Crippen LogP contribution in [0, 0.1) is 5.41 Å². The molecular formula is C12H13ClN2S. The van der Waals surface area contributed by atoms with E-state index < -0.39 is 0 Å². The van der Waals surface area contributed by atoms with Crippen LogP contribution in [0.15, 0.2) is 24.3 Å². The second-order valence-corrected chi connectivity index (χ2v) is 6.05. The molecule has 0 aromatic heterocycles. The molecule has 4 heteroatoms. The Bertz CT molecular complexity index is 431. The van der Waals surface area contributed by atoms with Crippen LogP contribution in [0.2, 0.25) is 5.02 Å². The molecule has 0 spiro atoms. The van der Waals surface area contributed by atoms with E-state index in [-0.39, 0.29) is 4.87 Å². The minimum Gasteiger partial charge on any atom is -0.341 e. The van der Waals surface area contributed by atoms with E-state index >= 15 is 0 Å². The van der Waals surface area contributed by atoms with Crippen LogP contribution in [0.25, 0.3) is 0 Å². The molecule has 2 aliphatic rings. The maximum atomic E-state index is 7.98. The average Bonchev–Trinajstić information content (AvgIpc) is 2.82. The van der Waals surface area contributed by atoms with Crippen LogP contribution in [-0.2, 0) is 4.87 Å². The van der Waals surface area contributed by atoms with Gasteiger partial charge < -0.3 is 4.90 Å². The molecule has 0 aliphatic carbocycles. The summed E-state index contributed by atoms with van der Waals surface area (Å²) in [6, 6.07) is 8.10. The number of amidine groups is 1. The average molecular weight is 253 g/mol. The molecule has 2 saturated heterocycles. The van der Waals surface area contributed by atoms with Crippen LogP contribution in [0.5, 0.6) is 0 Å². The minimum atomic E-state index is 0.0294. The van der Waals surface area contributed by atoms with Crippen LogP contribution >= 0.6 is 23.4 Å². The lowest BCUT2D eigenvalue weighted by Gasteiger charge is -2.32. The first-order chi connectivity index (χ1) is 7.72. The summed E-state index contributed by atoms with van der Waals surface area (Å²) in [5, 5.41) is 8.76. The predicted molar refractivity (Wildman–Crippen MR) is 69.3 cm³/mol. The van der Waals surface area contributed by atoms with Crippen molar-refractivity contribution in [2.24, 2.45) is 0 Å². The number of hydrogen-bond acceptors (Lipinski definition) is 2. The summed E-state index contributed by atoms with van der Waals surface area (Å²) < 4.78 is 0. The van der Waals surface area contributed by atoms with E-state index in [0.29, 0.717) is 0 Å². The molecule has 2 heterocycles. The van der Waals surface area contributed by atoms with Gasteiger partial charge in [0.25, 0.3) is 0 Å². The molecule has 0 amide bonds. The van der Waals surface area contributed by atoms with E-state index in [4.69, 9.17) is 17.0 Å². The molecule has 0 radical (unpaired) electrons. The molecule has 2 nitrogen and oxygen atoms in total. The van der Waals surface area contributed by atoms with Gasteiger partial charge in [-0.15, -0.1) is 11.8 Å². The quantitative estimate of drug-likeness (QED) is 0.830. The Kier molecular flexibility index (Phi) is 2.41. The van der Waals surface area contributed by atoms with Gasteiger partial charge in [-0.25, -0.2) is 0 Å². The topological polar surface area (TPSA) is 27.1 Å². The van der Waals surface area contributed by atoms with Crippen molar-refractivity contribution in [3.05, 3.63) is 34.9 Å². The number of halogens is 1. The third kappa shape index (κ3) is 1.38. The van der Waals surface area contributed by atoms with Gasteiger partial charge in [-0.1, -0.05) is 23.7 Å². The van der Waals surface area contributed by atoms with Gasteiger partial charge in [0.1, 0.15) is 4.87 Å². The molecule has 2 aliphatic heterocycles. The normalized spacial score (nSPS) is 28.6. The molecular weight excluding hydrogens is 240 g/mol. The summed E-state index contributed by atoms with van der Waals surface area (Å²) in [4.78, 5) is 2.28. The Balaban J connectivity index is 2.04. The smallest absolute Gasteiger partial charge is 0.113 e. The molecule has 0 unspecified atom stereocenters. The van der Waals surface area contributed by atoms with Crippen LogP contribution in [-0.4, -0.2) is 23.0 Å². The van der Waals surface area contributed by atoms with E-state index in [2.05, 4.69) is 17.0 Å². The van der Waals surface area contributed by atoms with Crippen LogP contribution in [0.3, 0.4) is 0 Å². The van der Waals surface area contributed by atoms with Crippen molar-refractivity contribution in [2.75, 3.05) is 12.3 Å². The second kappa shape index (κ2) is 3.67. The minimum absolute atomic E-state index is 0.0294. The zero-order chi connectivity index (χ0) is 11.2. The van der Waals surface area contributed by atoms with Gasteiger partial charge in [0.2, 0.25) is 0 Å². The van der Waals surface area contributed by atoms with Crippen molar-refractivity contribution in [3.63, 3.8) is 0 Å². The third-order valence-corrected chi connectivity index (χ3v) is 5.19. The van der Waals surface area contributed by atoms with E-state index in [0.717, 1.165) is 36.0 Å². The zero-order valence-corrected chi connectivity index (χ0v) is 10.4. The first kappa shape index (κ1) is 10.5. The van der Waals surface area contributed by atoms with Crippen molar-refractivity contribution in [3.8, 4) is 0 Å². The molecule has 2 fully saturated rings. The Morgan fingerprint density at radius 3 is 2.81 bits per heavy atom. The highest BCUT2D eigenvalue weighted by Gasteiger charge is 2.48. The standard InChI is InChI=1S/C12H13ClN2S/c13-10-3-1-9(2-4-10)12-6-5-11(14)15(12)7-8-16-12/h1-4,14H,5-8H2/t12-/m1/s1. The first-order valence-corrected chi connectivity index (χ1v) is 6.84. The predicted octanol–water partition coefficient (Wildman–Crippen LogP) is 3.31. The second-order valence-electron chi connectivity index (χ2n) is 4.24. The summed E-state index contributed by atoms with van der Waals surface area (Å²) >= 11 is 7.89. The van der Waals surface area contributed by atoms with Gasteiger partial charge in [0.05, 0.1) is 5.84 Å². The summed E-state index contributed by atoms with van der Waals surface area (Å²) in [7, 11) is 0. The molecule has 1 aromatic carbocycles. The number of nitrogens with zero attached hydrogens (tertiary/aromatic N) is 1. The molecule has 0 bridgehead atoms. The fourth-order valence-electron chi connectivity index (χ4n) is 2.64. The summed E-state index contributed by atoms with van der Waals surface area (Å²) in [6.07, 6.45) is 1.95. The van der Waals surface area contributed by atoms with Crippen molar-refractivity contribution in [1.82, 2.24) is 4.90 Å². The number of benzene rings is 1. The molecule has 1 aromatic rings. The molecule has 84 valence electrons. The largest absolute Gasteiger partial charge is 0.341 e. The monoisotopic (exact) mass is 252 g/mol. The van der Waals surface area contributed by atoms with Crippen LogP contribution in [0.4, 0.5) is 0 Å². The lowest BCUT2D eigenvalue weighted by molar-refractivity contribution is 0.340. The Labute approximate surface area is 104 Å². The lowest BCUT2D eigenvalue weighted by Crippen LogP contribution is -2.35. The number of thioether (sulfide) groups is 1. The van der Waals surface area contributed by atoms with E-state index in [1.165, 1.54) is 5.56 Å². The fraction of sp³-hybridized carbons (Fsp3) is 0.417. The van der Waals surface area contributed by atoms with Crippen LogP contribution in [0.1, 0.15) is 18.4 Å². The Hall–Kier alpha value is -0.670. The zero-order valence-electron chi connectivity index (χ0n) is 8.87. The maximum absolute atomic E-state index is 7.98. The van der Waals surface area contributed by atoms with Gasteiger partial charge in [-0.2, -0.15) is 0 Å². The summed E-state index contributed by atoms with van der Waals surface area (Å²) in [6.45, 7) is 1.01. The van der Waals surface area contributed by atoms with Crippen LogP contribution < -0.4 is 0 Å². The third-order valence-electron chi connectivity index (χ3n) is 3.41. The molecule has 1 atom stereocenters. The van der Waals surface area contributed by atoms with Gasteiger partial charge in [0, 0.05) is 23.7 Å². The van der Waals surface area contributed by atoms with E-state index in [1.807, 2.05) is 23.9 Å². The Morgan fingerprint density at radius 2 is 2.06 bits per heavy atom. The SMILES string of the molecule is N=C1CC[C@]2(c3ccc(Cl)cc3)SCCN12. The van der Waals surface area contributed by atoms with Gasteiger partial charge in [0.15, 0.2) is 0 Å². The lowest BCUT2D eigenvalue weighted by atomic mass is 10.0. The maximum Gasteiger partial charge on any atom is 0.113 e. The molecule has 1 N–H and O–H groups in total. The first-order valence-electron chi connectivity index (χ1n) is 5.47. The van der Waals surface area contributed by atoms with Gasteiger partial charge in [-0.05, 0) is 24.1 Å². The highest BCUT2D eigenvalue weighted by Crippen LogP contribution is 2.52. The van der Waals surface area contributed by atoms with Crippen molar-refractivity contribution >= 4 is 29.2 Å². The molecule has 16 heavy (non-hydrogen) atoms. The highest BCUT2D eigenvalue weighted by molar-refractivity contribution is 8.00. The highest BCUT2D eigenvalue weighted by atomic mass is 35.5. The Morgan fingerprint density at radius 1 is 1.31 bits per heavy atom. The summed E-state index contributed by atoms with van der Waals surface area (Å²) in [5.41, 5.74) is 1.29. The van der Waals surface area contributed by atoms with Crippen molar-refractivity contribution in [1.29, 1.82) is 5.41 Å². The molecule has 3 rings (SSSR count). The van der Waals surface area contributed by atoms with E-state index in [1.54, 1.807) is 0 Å². The van der Waals surface area contributed by atoms with Gasteiger partial charge >= 0.3 is 0 Å². The van der Waals surface area contributed by atoms with Crippen molar-refractivity contribution in [2.45, 2.75) is 17.7 Å². The van der Waals surface area contributed by atoms with Crippen molar-refractivity contribution < 1.29 is 0 Å². The summed E-state index contributed by atoms with van der Waals surface area (Å²) in [5.74, 6) is 1.91. The number of nitrogens with one attached hydrogen (secondary N) is 1. The number of rotatable bonds is 1. The van der Waals surface area contributed by atoms with E-state index in [9.17, 15) is 0 Å². The fourth-order valence-corrected chi connectivity index (χ4v) is 4.29. The number of fused-ring (bicyclic) bond motifs is 1. The van der Waals surface area contributed by atoms with Gasteiger partial charge in [-0.3, -0.25) is 5.41 Å². The number of hydrogen-bond donors (Lipinski definition) is 1.